The van der Waals surface area contributed by atoms with Crippen molar-refractivity contribution < 1.29 is 14.3 Å². The van der Waals surface area contributed by atoms with Crippen LogP contribution < -0.4 is 11.1 Å². The van der Waals surface area contributed by atoms with E-state index in [0.29, 0.717) is 0 Å². The van der Waals surface area contributed by atoms with E-state index in [1.807, 2.05) is 0 Å². The molecule has 0 amide bonds. The van der Waals surface area contributed by atoms with Gasteiger partial charge in [-0.3, -0.25) is 14.9 Å². The molecule has 5 heteroatoms. The van der Waals surface area contributed by atoms with Crippen LogP contribution in [0.4, 0.5) is 0 Å². The standard InChI is InChI=1S/C13H22N2O3/c14-8-11(16)13(6-7-13)15-9-12(17)18-10-4-2-1-3-5-10/h10,15H,1-9,14H2. The van der Waals surface area contributed by atoms with Gasteiger partial charge in [-0.05, 0) is 38.5 Å². The van der Waals surface area contributed by atoms with E-state index in [0.717, 1.165) is 38.5 Å². The fourth-order valence-electron chi connectivity index (χ4n) is 2.53. The summed E-state index contributed by atoms with van der Waals surface area (Å²) < 4.78 is 5.38. The van der Waals surface area contributed by atoms with Gasteiger partial charge in [0.15, 0.2) is 5.78 Å². The molecule has 2 aliphatic rings. The van der Waals surface area contributed by atoms with Crippen LogP contribution in [0.25, 0.3) is 0 Å². The summed E-state index contributed by atoms with van der Waals surface area (Å²) in [5, 5.41) is 3.01. The maximum atomic E-state index is 11.7. The molecule has 3 N–H and O–H groups in total. The van der Waals surface area contributed by atoms with E-state index in [4.69, 9.17) is 10.5 Å². The minimum absolute atomic E-state index is 0.00651. The molecule has 18 heavy (non-hydrogen) atoms. The molecule has 0 heterocycles. The Morgan fingerprint density at radius 3 is 2.44 bits per heavy atom. The van der Waals surface area contributed by atoms with E-state index in [2.05, 4.69) is 5.32 Å². The smallest absolute Gasteiger partial charge is 0.320 e. The molecule has 2 rings (SSSR count). The second-order valence-electron chi connectivity index (χ2n) is 5.31. The van der Waals surface area contributed by atoms with Crippen LogP contribution >= 0.6 is 0 Å². The highest BCUT2D eigenvalue weighted by molar-refractivity contribution is 5.93. The number of hydrogen-bond acceptors (Lipinski definition) is 5. The molecule has 2 fully saturated rings. The molecule has 0 aliphatic heterocycles. The Morgan fingerprint density at radius 1 is 1.22 bits per heavy atom. The summed E-state index contributed by atoms with van der Waals surface area (Å²) in [6, 6.07) is 0. The van der Waals surface area contributed by atoms with Crippen molar-refractivity contribution in [1.29, 1.82) is 0 Å². The van der Waals surface area contributed by atoms with Crippen LogP contribution in [-0.2, 0) is 14.3 Å². The normalized spacial score (nSPS) is 22.5. The zero-order valence-corrected chi connectivity index (χ0v) is 10.7. The van der Waals surface area contributed by atoms with E-state index in [-0.39, 0.29) is 30.9 Å². The van der Waals surface area contributed by atoms with Gasteiger partial charge in [0.1, 0.15) is 6.10 Å². The van der Waals surface area contributed by atoms with E-state index >= 15 is 0 Å². The van der Waals surface area contributed by atoms with Gasteiger partial charge >= 0.3 is 5.97 Å². The SMILES string of the molecule is NCC(=O)C1(NCC(=O)OC2CCCCC2)CC1. The molecule has 0 aromatic rings. The van der Waals surface area contributed by atoms with E-state index in [1.165, 1.54) is 6.42 Å². The number of rotatable bonds is 6. The Bertz CT molecular complexity index is 320. The maximum absolute atomic E-state index is 11.7. The molecular weight excluding hydrogens is 232 g/mol. The van der Waals surface area contributed by atoms with Crippen LogP contribution in [0.15, 0.2) is 0 Å². The molecular formula is C13H22N2O3. The lowest BCUT2D eigenvalue weighted by atomic mass is 9.98. The molecule has 0 unspecified atom stereocenters. The van der Waals surface area contributed by atoms with Gasteiger partial charge in [-0.15, -0.1) is 0 Å². The quantitative estimate of drug-likeness (QED) is 0.675. The van der Waals surface area contributed by atoms with Crippen molar-refractivity contribution in [3.8, 4) is 0 Å². The molecule has 0 bridgehead atoms. The van der Waals surface area contributed by atoms with E-state index in [9.17, 15) is 9.59 Å². The summed E-state index contributed by atoms with van der Waals surface area (Å²) in [4.78, 5) is 23.2. The van der Waals surface area contributed by atoms with Gasteiger partial charge in [0, 0.05) is 0 Å². The molecule has 0 spiro atoms. The van der Waals surface area contributed by atoms with Crippen LogP contribution in [0.5, 0.6) is 0 Å². The first kappa shape index (κ1) is 13.5. The van der Waals surface area contributed by atoms with Crippen LogP contribution in [0.3, 0.4) is 0 Å². The molecule has 0 atom stereocenters. The van der Waals surface area contributed by atoms with Gasteiger partial charge in [-0.25, -0.2) is 0 Å². The van der Waals surface area contributed by atoms with Crippen molar-refractivity contribution in [2.45, 2.75) is 56.6 Å². The lowest BCUT2D eigenvalue weighted by molar-refractivity contribution is -0.149. The second kappa shape index (κ2) is 5.80. The fourth-order valence-corrected chi connectivity index (χ4v) is 2.53. The number of carbonyl (C=O) groups is 2. The third-order valence-corrected chi connectivity index (χ3v) is 3.89. The molecule has 0 aromatic heterocycles. The zero-order valence-electron chi connectivity index (χ0n) is 10.7. The Balaban J connectivity index is 1.70. The molecule has 0 aromatic carbocycles. The van der Waals surface area contributed by atoms with E-state index < -0.39 is 5.54 Å². The predicted octanol–water partition coefficient (Wildman–Crippen LogP) is 0.512. The minimum atomic E-state index is -0.527. The largest absolute Gasteiger partial charge is 0.461 e. The first-order valence-electron chi connectivity index (χ1n) is 6.84. The summed E-state index contributed by atoms with van der Waals surface area (Å²) in [5.74, 6) is -0.258. The predicted molar refractivity (Wildman–Crippen MR) is 67.0 cm³/mol. The molecule has 0 saturated heterocycles. The Hall–Kier alpha value is -0.940. The maximum Gasteiger partial charge on any atom is 0.320 e. The molecule has 5 nitrogen and oxygen atoms in total. The third-order valence-electron chi connectivity index (χ3n) is 3.89. The average molecular weight is 254 g/mol. The number of hydrogen-bond donors (Lipinski definition) is 2. The number of esters is 1. The van der Waals surface area contributed by atoms with Crippen LogP contribution in [-0.4, -0.2) is 36.5 Å². The summed E-state index contributed by atoms with van der Waals surface area (Å²) in [7, 11) is 0. The Labute approximate surface area is 107 Å². The highest BCUT2D eigenvalue weighted by Gasteiger charge is 2.48. The first-order valence-corrected chi connectivity index (χ1v) is 6.84. The molecule has 2 saturated carbocycles. The monoisotopic (exact) mass is 254 g/mol. The number of nitrogens with one attached hydrogen (secondary N) is 1. The Morgan fingerprint density at radius 2 is 1.89 bits per heavy atom. The van der Waals surface area contributed by atoms with Crippen molar-refractivity contribution in [2.75, 3.05) is 13.1 Å². The Kier molecular flexibility index (Phi) is 4.35. The van der Waals surface area contributed by atoms with Crippen LogP contribution in [0, 0.1) is 0 Å². The molecule has 2 aliphatic carbocycles. The average Bonchev–Trinajstić information content (AvgIpc) is 3.18. The number of carbonyl (C=O) groups excluding carboxylic acids is 2. The summed E-state index contributed by atoms with van der Waals surface area (Å²) in [6.07, 6.45) is 7.09. The summed E-state index contributed by atoms with van der Waals surface area (Å²) >= 11 is 0. The van der Waals surface area contributed by atoms with Gasteiger partial charge < -0.3 is 10.5 Å². The van der Waals surface area contributed by atoms with Crippen molar-refractivity contribution in [3.05, 3.63) is 0 Å². The second-order valence-corrected chi connectivity index (χ2v) is 5.31. The topological polar surface area (TPSA) is 81.4 Å². The lowest BCUT2D eigenvalue weighted by Gasteiger charge is -2.22. The van der Waals surface area contributed by atoms with Crippen molar-refractivity contribution in [2.24, 2.45) is 5.73 Å². The van der Waals surface area contributed by atoms with Crippen molar-refractivity contribution in [1.82, 2.24) is 5.32 Å². The number of nitrogens with two attached hydrogens (primary N) is 1. The summed E-state index contributed by atoms with van der Waals surface area (Å²) in [6.45, 7) is 0.146. The van der Waals surface area contributed by atoms with Gasteiger partial charge in [-0.2, -0.15) is 0 Å². The summed E-state index contributed by atoms with van der Waals surface area (Å²) in [5.41, 5.74) is 4.82. The fraction of sp³-hybridized carbons (Fsp3) is 0.846. The van der Waals surface area contributed by atoms with Gasteiger partial charge in [0.25, 0.3) is 0 Å². The molecule has 102 valence electrons. The van der Waals surface area contributed by atoms with Gasteiger partial charge in [-0.1, -0.05) is 6.42 Å². The molecule has 0 radical (unpaired) electrons. The lowest BCUT2D eigenvalue weighted by Crippen LogP contribution is -2.45. The van der Waals surface area contributed by atoms with Crippen molar-refractivity contribution in [3.63, 3.8) is 0 Å². The van der Waals surface area contributed by atoms with E-state index in [1.54, 1.807) is 0 Å². The van der Waals surface area contributed by atoms with Crippen molar-refractivity contribution >= 4 is 11.8 Å². The number of Topliss-reactive ketones (excluding diaryl/α,β-unsaturated/α-hetero) is 1. The zero-order chi connectivity index (χ0) is 13.0. The number of ketones is 1. The van der Waals surface area contributed by atoms with Gasteiger partial charge in [0.05, 0.1) is 18.6 Å². The first-order chi connectivity index (χ1) is 8.66. The number of ether oxygens (including phenoxy) is 1. The highest BCUT2D eigenvalue weighted by atomic mass is 16.5. The van der Waals surface area contributed by atoms with Crippen LogP contribution in [0.2, 0.25) is 0 Å². The van der Waals surface area contributed by atoms with Crippen LogP contribution in [0.1, 0.15) is 44.9 Å². The highest BCUT2D eigenvalue weighted by Crippen LogP contribution is 2.35. The van der Waals surface area contributed by atoms with Gasteiger partial charge in [0.2, 0.25) is 0 Å². The minimum Gasteiger partial charge on any atom is -0.461 e. The third kappa shape index (κ3) is 3.29.